The van der Waals surface area contributed by atoms with Crippen LogP contribution >= 0.6 is 0 Å². The average Bonchev–Trinajstić information content (AvgIpc) is 2.98. The van der Waals surface area contributed by atoms with Crippen LogP contribution < -0.4 is 0 Å². The first-order valence-corrected chi connectivity index (χ1v) is 7.02. The van der Waals surface area contributed by atoms with Gasteiger partial charge in [-0.1, -0.05) is 0 Å². The van der Waals surface area contributed by atoms with E-state index in [1.165, 1.54) is 12.1 Å². The summed E-state index contributed by atoms with van der Waals surface area (Å²) in [5, 5.41) is 8.83. The molecule has 0 amide bonds. The summed E-state index contributed by atoms with van der Waals surface area (Å²) in [6.07, 6.45) is 5.89. The van der Waals surface area contributed by atoms with Crippen LogP contribution in [0.2, 0.25) is 0 Å². The Balaban J connectivity index is 2.13. The highest BCUT2D eigenvalue weighted by molar-refractivity contribution is 5.81. The summed E-state index contributed by atoms with van der Waals surface area (Å²) < 4.78 is 15.2. The Bertz CT molecular complexity index is 799. The van der Waals surface area contributed by atoms with E-state index in [2.05, 4.69) is 11.1 Å². The quantitative estimate of drug-likeness (QED) is 0.720. The van der Waals surface area contributed by atoms with Crippen LogP contribution in [0.25, 0.3) is 22.4 Å². The van der Waals surface area contributed by atoms with Crippen molar-refractivity contribution in [3.8, 4) is 28.5 Å². The van der Waals surface area contributed by atoms with Gasteiger partial charge in [0.2, 0.25) is 0 Å². The third-order valence-corrected chi connectivity index (χ3v) is 3.54. The lowest BCUT2D eigenvalue weighted by molar-refractivity contribution is 0.628. The summed E-state index contributed by atoms with van der Waals surface area (Å²) in [5.41, 5.74) is 4.01. The van der Waals surface area contributed by atoms with Gasteiger partial charge in [0.05, 0.1) is 18.2 Å². The Morgan fingerprint density at radius 3 is 2.41 bits per heavy atom. The molecule has 1 aromatic carbocycles. The van der Waals surface area contributed by atoms with Crippen molar-refractivity contribution in [3.05, 3.63) is 66.9 Å². The highest BCUT2D eigenvalue weighted by Gasteiger charge is 2.13. The Morgan fingerprint density at radius 2 is 1.73 bits per heavy atom. The van der Waals surface area contributed by atoms with Crippen LogP contribution in [0.5, 0.6) is 0 Å². The van der Waals surface area contributed by atoms with Gasteiger partial charge in [-0.25, -0.2) is 4.39 Å². The highest BCUT2D eigenvalue weighted by atomic mass is 19.1. The molecule has 4 heteroatoms. The van der Waals surface area contributed by atoms with Gasteiger partial charge in [0.15, 0.2) is 0 Å². The zero-order valence-electron chi connectivity index (χ0n) is 11.9. The largest absolute Gasteiger partial charge is 0.346 e. The van der Waals surface area contributed by atoms with E-state index in [1.807, 2.05) is 29.0 Å². The molecule has 3 nitrogen and oxygen atoms in total. The zero-order chi connectivity index (χ0) is 15.4. The lowest BCUT2D eigenvalue weighted by Crippen LogP contribution is -1.99. The maximum absolute atomic E-state index is 13.2. The topological polar surface area (TPSA) is 41.6 Å². The molecular weight excluding hydrogens is 277 g/mol. The molecule has 0 spiro atoms. The summed E-state index contributed by atoms with van der Waals surface area (Å²) in [4.78, 5) is 4.04. The Labute approximate surface area is 128 Å². The average molecular weight is 291 g/mol. The van der Waals surface area contributed by atoms with Gasteiger partial charge >= 0.3 is 0 Å². The Kier molecular flexibility index (Phi) is 3.97. The van der Waals surface area contributed by atoms with Crippen molar-refractivity contribution < 1.29 is 4.39 Å². The molecule has 0 unspecified atom stereocenters. The summed E-state index contributed by atoms with van der Waals surface area (Å²) in [6, 6.07) is 14.5. The predicted octanol–water partition coefficient (Wildman–Crippen LogP) is 4.27. The van der Waals surface area contributed by atoms with Crippen LogP contribution in [0.15, 0.2) is 61.1 Å². The van der Waals surface area contributed by atoms with Crippen molar-refractivity contribution in [1.82, 2.24) is 9.55 Å². The summed E-state index contributed by atoms with van der Waals surface area (Å²) >= 11 is 0. The maximum atomic E-state index is 13.2. The van der Waals surface area contributed by atoms with Crippen LogP contribution in [0.1, 0.15) is 6.42 Å². The smallest absolute Gasteiger partial charge is 0.123 e. The monoisotopic (exact) mass is 291 g/mol. The molecule has 0 radical (unpaired) electrons. The SMILES string of the molecule is N#CCCn1ccc(-c2ccncc2)c1-c1ccc(F)cc1. The molecule has 0 bridgehead atoms. The predicted molar refractivity (Wildman–Crippen MR) is 83.3 cm³/mol. The molecule has 108 valence electrons. The second-order valence-corrected chi connectivity index (χ2v) is 4.92. The number of nitriles is 1. The molecule has 0 aliphatic carbocycles. The fraction of sp³-hybridized carbons (Fsp3) is 0.111. The number of hydrogen-bond acceptors (Lipinski definition) is 2. The molecule has 0 N–H and O–H groups in total. The van der Waals surface area contributed by atoms with Crippen molar-refractivity contribution in [3.63, 3.8) is 0 Å². The van der Waals surface area contributed by atoms with Crippen molar-refractivity contribution in [2.24, 2.45) is 0 Å². The molecule has 0 atom stereocenters. The zero-order valence-corrected chi connectivity index (χ0v) is 11.9. The van der Waals surface area contributed by atoms with Crippen LogP contribution in [-0.2, 0) is 6.54 Å². The molecule has 0 aliphatic rings. The summed E-state index contributed by atoms with van der Waals surface area (Å²) in [7, 11) is 0. The molecule has 2 heterocycles. The lowest BCUT2D eigenvalue weighted by atomic mass is 10.0. The van der Waals surface area contributed by atoms with Crippen molar-refractivity contribution in [2.75, 3.05) is 0 Å². The second-order valence-electron chi connectivity index (χ2n) is 4.92. The van der Waals surface area contributed by atoms with Crippen LogP contribution in [0.3, 0.4) is 0 Å². The first-order valence-electron chi connectivity index (χ1n) is 7.02. The number of nitrogens with zero attached hydrogens (tertiary/aromatic N) is 3. The Morgan fingerprint density at radius 1 is 1.00 bits per heavy atom. The summed E-state index contributed by atoms with van der Waals surface area (Å²) in [5.74, 6) is -0.260. The minimum Gasteiger partial charge on any atom is -0.346 e. The van der Waals surface area contributed by atoms with E-state index < -0.39 is 0 Å². The van der Waals surface area contributed by atoms with Crippen molar-refractivity contribution in [1.29, 1.82) is 5.26 Å². The standard InChI is InChI=1S/C18H14FN3/c19-16-4-2-15(3-5-16)18-17(14-6-10-21-11-7-14)8-13-22(18)12-1-9-20/h2-8,10-11,13H,1,12H2. The third kappa shape index (κ3) is 2.75. The van der Waals surface area contributed by atoms with Crippen LogP contribution in [-0.4, -0.2) is 9.55 Å². The van der Waals surface area contributed by atoms with Gasteiger partial charge in [0.1, 0.15) is 5.82 Å². The minimum absolute atomic E-state index is 0.260. The number of aryl methyl sites for hydroxylation is 1. The van der Waals surface area contributed by atoms with Gasteiger partial charge in [0.25, 0.3) is 0 Å². The summed E-state index contributed by atoms with van der Waals surface area (Å²) in [6.45, 7) is 0.605. The van der Waals surface area contributed by atoms with Gasteiger partial charge in [0, 0.05) is 30.7 Å². The number of hydrogen-bond donors (Lipinski definition) is 0. The molecule has 3 rings (SSSR count). The minimum atomic E-state index is -0.260. The van der Waals surface area contributed by atoms with Gasteiger partial charge in [-0.3, -0.25) is 4.98 Å². The molecule has 0 saturated heterocycles. The first-order chi connectivity index (χ1) is 10.8. The number of aromatic nitrogens is 2. The van der Waals surface area contributed by atoms with Crippen molar-refractivity contribution >= 4 is 0 Å². The second kappa shape index (κ2) is 6.23. The molecule has 0 aliphatic heterocycles. The number of rotatable bonds is 4. The molecule has 0 saturated carbocycles. The third-order valence-electron chi connectivity index (χ3n) is 3.54. The lowest BCUT2D eigenvalue weighted by Gasteiger charge is -2.11. The van der Waals surface area contributed by atoms with Gasteiger partial charge in [-0.05, 0) is 53.6 Å². The van der Waals surface area contributed by atoms with E-state index >= 15 is 0 Å². The van der Waals surface area contributed by atoms with Gasteiger partial charge in [-0.2, -0.15) is 5.26 Å². The van der Waals surface area contributed by atoms with Gasteiger partial charge in [-0.15, -0.1) is 0 Å². The van der Waals surface area contributed by atoms with E-state index in [9.17, 15) is 4.39 Å². The molecule has 0 fully saturated rings. The maximum Gasteiger partial charge on any atom is 0.123 e. The molecule has 3 aromatic rings. The fourth-order valence-corrected chi connectivity index (χ4v) is 2.52. The van der Waals surface area contributed by atoms with Crippen molar-refractivity contribution in [2.45, 2.75) is 13.0 Å². The van der Waals surface area contributed by atoms with Crippen LogP contribution in [0, 0.1) is 17.1 Å². The Hall–Kier alpha value is -2.93. The molecule has 2 aromatic heterocycles. The highest BCUT2D eigenvalue weighted by Crippen LogP contribution is 2.33. The molecular formula is C18H14FN3. The number of halogens is 1. The van der Waals surface area contributed by atoms with E-state index in [-0.39, 0.29) is 5.82 Å². The number of benzene rings is 1. The molecule has 22 heavy (non-hydrogen) atoms. The fourth-order valence-electron chi connectivity index (χ4n) is 2.52. The normalized spacial score (nSPS) is 10.4. The van der Waals surface area contributed by atoms with E-state index in [4.69, 9.17) is 5.26 Å². The first kappa shape index (κ1) is 14.0. The van der Waals surface area contributed by atoms with E-state index in [0.717, 1.165) is 22.4 Å². The van der Waals surface area contributed by atoms with Crippen LogP contribution in [0.4, 0.5) is 4.39 Å². The van der Waals surface area contributed by atoms with Gasteiger partial charge < -0.3 is 4.57 Å². The number of pyridine rings is 1. The van der Waals surface area contributed by atoms with E-state index in [1.54, 1.807) is 24.5 Å². The van der Waals surface area contributed by atoms with E-state index in [0.29, 0.717) is 13.0 Å².